The molecule has 0 aliphatic carbocycles. The van der Waals surface area contributed by atoms with Crippen LogP contribution in [0.25, 0.3) is 11.0 Å². The Kier molecular flexibility index (Phi) is 3.44. The van der Waals surface area contributed by atoms with Crippen molar-refractivity contribution in [3.63, 3.8) is 0 Å². The van der Waals surface area contributed by atoms with Crippen molar-refractivity contribution in [2.75, 3.05) is 13.7 Å². The van der Waals surface area contributed by atoms with E-state index in [1.54, 1.807) is 6.07 Å². The molecule has 106 valence electrons. The van der Waals surface area contributed by atoms with E-state index in [-0.39, 0.29) is 18.0 Å². The van der Waals surface area contributed by atoms with E-state index in [4.69, 9.17) is 9.47 Å². The average molecular weight is 274 g/mol. The van der Waals surface area contributed by atoms with Gasteiger partial charge in [0.25, 0.3) is 0 Å². The Bertz CT molecular complexity index is 635. The summed E-state index contributed by atoms with van der Waals surface area (Å²) in [6, 6.07) is 5.50. The van der Waals surface area contributed by atoms with E-state index in [0.29, 0.717) is 11.1 Å². The number of aromatic amines is 1. The molecule has 0 bridgehead atoms. The summed E-state index contributed by atoms with van der Waals surface area (Å²) in [6.45, 7) is 2.88. The number of aromatic nitrogens is 2. The smallest absolute Gasteiger partial charge is 0.340 e. The summed E-state index contributed by atoms with van der Waals surface area (Å²) in [6.07, 6.45) is 2.13. The first kappa shape index (κ1) is 13.1. The zero-order chi connectivity index (χ0) is 14.1. The summed E-state index contributed by atoms with van der Waals surface area (Å²) in [5.74, 6) is 0.821. The highest BCUT2D eigenvalue weighted by Crippen LogP contribution is 2.32. The number of ether oxygens (including phenoxy) is 2. The van der Waals surface area contributed by atoms with Gasteiger partial charge in [-0.1, -0.05) is 13.0 Å². The number of hydrogen-bond donors (Lipinski definition) is 1. The molecule has 1 aromatic heterocycles. The van der Waals surface area contributed by atoms with Gasteiger partial charge in [-0.2, -0.15) is 0 Å². The van der Waals surface area contributed by atoms with Crippen LogP contribution >= 0.6 is 0 Å². The Balaban J connectivity index is 2.04. The third-order valence-corrected chi connectivity index (χ3v) is 3.90. The molecular formula is C15H18N2O3. The van der Waals surface area contributed by atoms with Gasteiger partial charge in [0.1, 0.15) is 11.3 Å². The molecule has 2 heterocycles. The third kappa shape index (κ3) is 2.08. The third-order valence-electron chi connectivity index (χ3n) is 3.90. The Hall–Kier alpha value is -1.88. The van der Waals surface area contributed by atoms with Crippen molar-refractivity contribution in [3.05, 3.63) is 29.6 Å². The van der Waals surface area contributed by atoms with Crippen LogP contribution in [0.2, 0.25) is 0 Å². The fourth-order valence-corrected chi connectivity index (χ4v) is 2.87. The highest BCUT2D eigenvalue weighted by Gasteiger charge is 2.31. The van der Waals surface area contributed by atoms with Crippen molar-refractivity contribution in [1.29, 1.82) is 0 Å². The van der Waals surface area contributed by atoms with E-state index in [0.717, 1.165) is 30.8 Å². The van der Waals surface area contributed by atoms with Gasteiger partial charge < -0.3 is 14.5 Å². The molecule has 3 rings (SSSR count). The second-order valence-electron chi connectivity index (χ2n) is 5.03. The van der Waals surface area contributed by atoms with Crippen LogP contribution in [0.15, 0.2) is 18.2 Å². The van der Waals surface area contributed by atoms with E-state index in [1.807, 2.05) is 12.1 Å². The van der Waals surface area contributed by atoms with Gasteiger partial charge in [0.15, 0.2) is 0 Å². The lowest BCUT2D eigenvalue weighted by Crippen LogP contribution is -2.14. The SMILES string of the molecule is CCC1OCCC1c1nc2c(C(=O)OC)cccc2[nH]1. The minimum Gasteiger partial charge on any atom is -0.465 e. The molecule has 1 aromatic carbocycles. The van der Waals surface area contributed by atoms with Crippen LogP contribution in [0.1, 0.15) is 41.9 Å². The minimum atomic E-state index is -0.358. The number of carbonyl (C=O) groups excluding carboxylic acids is 1. The zero-order valence-electron chi connectivity index (χ0n) is 11.7. The van der Waals surface area contributed by atoms with Crippen molar-refractivity contribution < 1.29 is 14.3 Å². The van der Waals surface area contributed by atoms with Crippen molar-refractivity contribution in [1.82, 2.24) is 9.97 Å². The maximum absolute atomic E-state index is 11.8. The fraction of sp³-hybridized carbons (Fsp3) is 0.467. The second kappa shape index (κ2) is 5.25. The Morgan fingerprint density at radius 1 is 1.55 bits per heavy atom. The van der Waals surface area contributed by atoms with Crippen molar-refractivity contribution >= 4 is 17.0 Å². The maximum atomic E-state index is 11.8. The maximum Gasteiger partial charge on any atom is 0.340 e. The van der Waals surface area contributed by atoms with Crippen LogP contribution in [0.3, 0.4) is 0 Å². The lowest BCUT2D eigenvalue weighted by molar-refractivity contribution is 0.0603. The fourth-order valence-electron chi connectivity index (χ4n) is 2.87. The molecule has 1 saturated heterocycles. The predicted molar refractivity (Wildman–Crippen MR) is 74.8 cm³/mol. The van der Waals surface area contributed by atoms with Gasteiger partial charge in [0.05, 0.1) is 24.3 Å². The van der Waals surface area contributed by atoms with Crippen molar-refractivity contribution in [3.8, 4) is 0 Å². The molecule has 2 atom stereocenters. The van der Waals surface area contributed by atoms with E-state index < -0.39 is 0 Å². The number of methoxy groups -OCH3 is 1. The number of esters is 1. The topological polar surface area (TPSA) is 64.2 Å². The summed E-state index contributed by atoms with van der Waals surface area (Å²) < 4.78 is 10.5. The highest BCUT2D eigenvalue weighted by molar-refractivity contribution is 6.01. The first-order valence-electron chi connectivity index (χ1n) is 6.93. The number of fused-ring (bicyclic) bond motifs is 1. The molecule has 1 N–H and O–H groups in total. The van der Waals surface area contributed by atoms with Crippen LogP contribution in [0.5, 0.6) is 0 Å². The number of para-hydroxylation sites is 1. The van der Waals surface area contributed by atoms with E-state index in [9.17, 15) is 4.79 Å². The standard InChI is InChI=1S/C15H18N2O3/c1-3-12-9(7-8-20-12)14-16-11-6-4-5-10(13(11)17-14)15(18)19-2/h4-6,9,12H,3,7-8H2,1-2H3,(H,16,17). The molecule has 0 saturated carbocycles. The Labute approximate surface area is 117 Å². The molecule has 0 spiro atoms. The summed E-state index contributed by atoms with van der Waals surface area (Å²) in [7, 11) is 1.38. The number of benzene rings is 1. The summed E-state index contributed by atoms with van der Waals surface area (Å²) in [5.41, 5.74) is 2.04. The monoisotopic (exact) mass is 274 g/mol. The number of nitrogens with zero attached hydrogens (tertiary/aromatic N) is 1. The van der Waals surface area contributed by atoms with Crippen molar-refractivity contribution in [2.24, 2.45) is 0 Å². The van der Waals surface area contributed by atoms with Gasteiger partial charge in [-0.05, 0) is 25.0 Å². The normalized spacial score (nSPS) is 22.3. The molecule has 1 fully saturated rings. The lowest BCUT2D eigenvalue weighted by Gasteiger charge is -2.13. The minimum absolute atomic E-state index is 0.206. The Morgan fingerprint density at radius 3 is 3.15 bits per heavy atom. The van der Waals surface area contributed by atoms with E-state index in [1.165, 1.54) is 7.11 Å². The van der Waals surface area contributed by atoms with Gasteiger partial charge in [0, 0.05) is 12.5 Å². The summed E-state index contributed by atoms with van der Waals surface area (Å²) in [4.78, 5) is 19.7. The first-order chi connectivity index (χ1) is 9.74. The molecule has 5 nitrogen and oxygen atoms in total. The van der Waals surface area contributed by atoms with E-state index in [2.05, 4.69) is 16.9 Å². The van der Waals surface area contributed by atoms with Gasteiger partial charge in [-0.3, -0.25) is 0 Å². The quantitative estimate of drug-likeness (QED) is 0.874. The van der Waals surface area contributed by atoms with Gasteiger partial charge in [0.2, 0.25) is 0 Å². The molecule has 20 heavy (non-hydrogen) atoms. The predicted octanol–water partition coefficient (Wildman–Crippen LogP) is 2.63. The van der Waals surface area contributed by atoms with Crippen LogP contribution in [-0.2, 0) is 9.47 Å². The number of hydrogen-bond acceptors (Lipinski definition) is 4. The zero-order valence-corrected chi connectivity index (χ0v) is 11.7. The number of nitrogens with one attached hydrogen (secondary N) is 1. The molecule has 0 radical (unpaired) electrons. The number of carbonyl (C=O) groups is 1. The average Bonchev–Trinajstić information content (AvgIpc) is 3.10. The molecule has 0 amide bonds. The van der Waals surface area contributed by atoms with Crippen LogP contribution in [-0.4, -0.2) is 35.8 Å². The first-order valence-corrected chi connectivity index (χ1v) is 6.93. The number of rotatable bonds is 3. The highest BCUT2D eigenvalue weighted by atomic mass is 16.5. The second-order valence-corrected chi connectivity index (χ2v) is 5.03. The molecule has 1 aliphatic rings. The molecule has 2 aromatic rings. The van der Waals surface area contributed by atoms with Gasteiger partial charge in [-0.25, -0.2) is 9.78 Å². The van der Waals surface area contributed by atoms with Crippen LogP contribution in [0.4, 0.5) is 0 Å². The summed E-state index contributed by atoms with van der Waals surface area (Å²) >= 11 is 0. The van der Waals surface area contributed by atoms with Crippen molar-refractivity contribution in [2.45, 2.75) is 31.8 Å². The summed E-state index contributed by atoms with van der Waals surface area (Å²) in [5, 5.41) is 0. The van der Waals surface area contributed by atoms with E-state index >= 15 is 0 Å². The molecule has 1 aliphatic heterocycles. The molecular weight excluding hydrogens is 256 g/mol. The largest absolute Gasteiger partial charge is 0.465 e. The number of H-pyrrole nitrogens is 1. The lowest BCUT2D eigenvalue weighted by atomic mass is 9.99. The molecule has 5 heteroatoms. The van der Waals surface area contributed by atoms with Gasteiger partial charge in [-0.15, -0.1) is 0 Å². The Morgan fingerprint density at radius 2 is 2.40 bits per heavy atom. The number of imidazole rings is 1. The van der Waals surface area contributed by atoms with Gasteiger partial charge >= 0.3 is 5.97 Å². The van der Waals surface area contributed by atoms with Crippen LogP contribution < -0.4 is 0 Å². The van der Waals surface area contributed by atoms with Crippen LogP contribution in [0, 0.1) is 0 Å². The molecule has 2 unspecified atom stereocenters.